The van der Waals surface area contributed by atoms with Crippen molar-refractivity contribution in [3.63, 3.8) is 0 Å². The number of thioether (sulfide) groups is 1. The van der Waals surface area contributed by atoms with E-state index in [9.17, 15) is 18.3 Å². The number of aromatic hydroxyl groups is 1. The second-order valence-electron chi connectivity index (χ2n) is 5.54. The van der Waals surface area contributed by atoms with E-state index in [1.54, 1.807) is 18.2 Å². The minimum atomic E-state index is -3.10. The van der Waals surface area contributed by atoms with Crippen molar-refractivity contribution in [1.82, 2.24) is 4.90 Å². The van der Waals surface area contributed by atoms with Gasteiger partial charge in [-0.05, 0) is 30.2 Å². The molecule has 9 heteroatoms. The summed E-state index contributed by atoms with van der Waals surface area (Å²) in [5, 5.41) is 9.62. The maximum Gasteiger partial charge on any atom is 0.266 e. The Morgan fingerprint density at radius 3 is 2.83 bits per heavy atom. The SMILES string of the molecule is COc1cc(/C=C2\SC(=S)N([C@H]3CCS(=O)(=O)C3)C2=O)ccc1O. The standard InChI is InChI=1S/C15H15NO5S3/c1-21-12-6-9(2-3-11(12)17)7-13-14(18)16(15(22)23-13)10-4-5-24(19,20)8-10/h2-3,6-7,10,17H,4-5,8H2,1H3/b13-7-/t10-/m0/s1. The molecule has 6 nitrogen and oxygen atoms in total. The van der Waals surface area contributed by atoms with Gasteiger partial charge >= 0.3 is 0 Å². The van der Waals surface area contributed by atoms with Crippen LogP contribution in [0.3, 0.4) is 0 Å². The molecular formula is C15H15NO5S3. The molecule has 0 bridgehead atoms. The molecule has 3 rings (SSSR count). The van der Waals surface area contributed by atoms with Crippen molar-refractivity contribution in [3.05, 3.63) is 28.7 Å². The van der Waals surface area contributed by atoms with E-state index in [4.69, 9.17) is 17.0 Å². The molecule has 0 radical (unpaired) electrons. The van der Waals surface area contributed by atoms with E-state index >= 15 is 0 Å². The van der Waals surface area contributed by atoms with Crippen LogP contribution < -0.4 is 4.74 Å². The molecule has 2 aliphatic heterocycles. The number of rotatable bonds is 3. The van der Waals surface area contributed by atoms with Gasteiger partial charge in [0, 0.05) is 0 Å². The van der Waals surface area contributed by atoms with Crippen molar-refractivity contribution in [1.29, 1.82) is 0 Å². The van der Waals surface area contributed by atoms with Gasteiger partial charge < -0.3 is 9.84 Å². The number of carbonyl (C=O) groups excluding carboxylic acids is 1. The number of nitrogens with zero attached hydrogens (tertiary/aromatic N) is 1. The molecule has 0 unspecified atom stereocenters. The molecule has 1 aromatic carbocycles. The monoisotopic (exact) mass is 385 g/mol. The van der Waals surface area contributed by atoms with Crippen LogP contribution in [0.15, 0.2) is 23.1 Å². The van der Waals surface area contributed by atoms with Gasteiger partial charge in [0.05, 0.1) is 29.6 Å². The van der Waals surface area contributed by atoms with Crippen LogP contribution >= 0.6 is 24.0 Å². The van der Waals surface area contributed by atoms with Gasteiger partial charge in [0.15, 0.2) is 21.3 Å². The molecule has 2 fully saturated rings. The molecule has 2 heterocycles. The second kappa shape index (κ2) is 6.38. The first-order valence-electron chi connectivity index (χ1n) is 7.15. The van der Waals surface area contributed by atoms with Crippen LogP contribution in [0.4, 0.5) is 0 Å². The third-order valence-corrected chi connectivity index (χ3v) is 6.98. The second-order valence-corrected chi connectivity index (χ2v) is 9.44. The Labute approximate surface area is 149 Å². The van der Waals surface area contributed by atoms with Crippen LogP contribution in [0.25, 0.3) is 6.08 Å². The Kier molecular flexibility index (Phi) is 4.58. The predicted molar refractivity (Wildman–Crippen MR) is 96.7 cm³/mol. The summed E-state index contributed by atoms with van der Waals surface area (Å²) in [6, 6.07) is 4.36. The summed E-state index contributed by atoms with van der Waals surface area (Å²) in [6.45, 7) is 0. The molecule has 128 valence electrons. The van der Waals surface area contributed by atoms with Crippen molar-refractivity contribution < 1.29 is 23.1 Å². The molecule has 1 aromatic rings. The zero-order valence-corrected chi connectivity index (χ0v) is 15.2. The number of sulfone groups is 1. The molecule has 0 aliphatic carbocycles. The highest BCUT2D eigenvalue weighted by Gasteiger charge is 2.42. The van der Waals surface area contributed by atoms with Gasteiger partial charge in [-0.1, -0.05) is 30.0 Å². The van der Waals surface area contributed by atoms with Crippen molar-refractivity contribution in [3.8, 4) is 11.5 Å². The Balaban J connectivity index is 1.86. The van der Waals surface area contributed by atoms with Gasteiger partial charge in [0.2, 0.25) is 0 Å². The lowest BCUT2D eigenvalue weighted by Gasteiger charge is -2.20. The van der Waals surface area contributed by atoms with E-state index in [-0.39, 0.29) is 29.2 Å². The number of methoxy groups -OCH3 is 1. The lowest BCUT2D eigenvalue weighted by molar-refractivity contribution is -0.123. The average molecular weight is 385 g/mol. The van der Waals surface area contributed by atoms with Crippen molar-refractivity contribution in [2.24, 2.45) is 0 Å². The summed E-state index contributed by atoms with van der Waals surface area (Å²) in [5.74, 6) is 0.0847. The maximum absolute atomic E-state index is 12.6. The lowest BCUT2D eigenvalue weighted by Crippen LogP contribution is -2.39. The first kappa shape index (κ1) is 17.2. The molecule has 0 saturated carbocycles. The molecule has 1 amide bonds. The van der Waals surface area contributed by atoms with Crippen LogP contribution in [0.5, 0.6) is 11.5 Å². The highest BCUT2D eigenvalue weighted by molar-refractivity contribution is 8.26. The summed E-state index contributed by atoms with van der Waals surface area (Å²) >= 11 is 6.41. The van der Waals surface area contributed by atoms with Gasteiger partial charge in [-0.2, -0.15) is 0 Å². The van der Waals surface area contributed by atoms with Crippen molar-refractivity contribution in [2.45, 2.75) is 12.5 Å². The first-order valence-corrected chi connectivity index (χ1v) is 10.2. The number of benzene rings is 1. The molecule has 0 spiro atoms. The van der Waals surface area contributed by atoms with Crippen LogP contribution in [0.1, 0.15) is 12.0 Å². The Hall–Kier alpha value is -1.58. The topological polar surface area (TPSA) is 83.9 Å². The number of hydrogen-bond donors (Lipinski definition) is 1. The van der Waals surface area contributed by atoms with Crippen LogP contribution in [-0.4, -0.2) is 53.3 Å². The van der Waals surface area contributed by atoms with E-state index in [2.05, 4.69) is 0 Å². The Bertz CT molecular complexity index is 847. The average Bonchev–Trinajstić information content (AvgIpc) is 3.00. The fourth-order valence-corrected chi connectivity index (χ4v) is 5.81. The van der Waals surface area contributed by atoms with Crippen LogP contribution in [0, 0.1) is 0 Å². The first-order chi connectivity index (χ1) is 11.3. The van der Waals surface area contributed by atoms with Gasteiger partial charge in [-0.25, -0.2) is 8.42 Å². The molecule has 0 aromatic heterocycles. The van der Waals surface area contributed by atoms with Crippen molar-refractivity contribution >= 4 is 50.1 Å². The normalized spacial score (nSPS) is 24.8. The number of phenolic OH excluding ortho intramolecular Hbond substituents is 1. The van der Waals surface area contributed by atoms with E-state index in [0.29, 0.717) is 27.0 Å². The predicted octanol–water partition coefficient (Wildman–Crippen LogP) is 1.79. The van der Waals surface area contributed by atoms with Gasteiger partial charge in [0.1, 0.15) is 4.32 Å². The molecule has 2 aliphatic rings. The molecule has 24 heavy (non-hydrogen) atoms. The zero-order valence-electron chi connectivity index (χ0n) is 12.8. The number of ether oxygens (including phenoxy) is 1. The fraction of sp³-hybridized carbons (Fsp3) is 0.333. The largest absolute Gasteiger partial charge is 0.504 e. The molecule has 1 atom stereocenters. The molecule has 2 saturated heterocycles. The highest BCUT2D eigenvalue weighted by Crippen LogP contribution is 2.37. The zero-order chi connectivity index (χ0) is 17.5. The maximum atomic E-state index is 12.6. The fourth-order valence-electron chi connectivity index (χ4n) is 2.71. The summed E-state index contributed by atoms with van der Waals surface area (Å²) in [4.78, 5) is 14.5. The molecular weight excluding hydrogens is 370 g/mol. The van der Waals surface area contributed by atoms with Gasteiger partial charge in [-0.3, -0.25) is 9.69 Å². The highest BCUT2D eigenvalue weighted by atomic mass is 32.2. The number of phenols is 1. The van der Waals surface area contributed by atoms with Crippen LogP contribution in [-0.2, 0) is 14.6 Å². The summed E-state index contributed by atoms with van der Waals surface area (Å²) in [7, 11) is -1.65. The number of hydrogen-bond acceptors (Lipinski definition) is 7. The lowest BCUT2D eigenvalue weighted by atomic mass is 10.1. The third kappa shape index (κ3) is 3.28. The Morgan fingerprint density at radius 1 is 1.46 bits per heavy atom. The van der Waals surface area contributed by atoms with Gasteiger partial charge in [0.25, 0.3) is 5.91 Å². The van der Waals surface area contributed by atoms with E-state index in [1.165, 1.54) is 18.1 Å². The Morgan fingerprint density at radius 2 is 2.21 bits per heavy atom. The summed E-state index contributed by atoms with van der Waals surface area (Å²) < 4.78 is 28.7. The van der Waals surface area contributed by atoms with E-state index in [1.807, 2.05) is 0 Å². The quantitative estimate of drug-likeness (QED) is 0.627. The number of carbonyl (C=O) groups is 1. The molecule has 1 N–H and O–H groups in total. The minimum absolute atomic E-state index is 0.0124. The van der Waals surface area contributed by atoms with E-state index < -0.39 is 9.84 Å². The van der Waals surface area contributed by atoms with Crippen molar-refractivity contribution in [2.75, 3.05) is 18.6 Å². The summed E-state index contributed by atoms with van der Waals surface area (Å²) in [5.41, 5.74) is 0.684. The smallest absolute Gasteiger partial charge is 0.266 e. The number of thiocarbonyl (C=S) groups is 1. The summed E-state index contributed by atoms with van der Waals surface area (Å²) in [6.07, 6.45) is 2.07. The van der Waals surface area contributed by atoms with Crippen LogP contribution in [0.2, 0.25) is 0 Å². The van der Waals surface area contributed by atoms with Gasteiger partial charge in [-0.15, -0.1) is 0 Å². The van der Waals surface area contributed by atoms with E-state index in [0.717, 1.165) is 11.8 Å². The number of amides is 1. The third-order valence-electron chi connectivity index (χ3n) is 3.90. The minimum Gasteiger partial charge on any atom is -0.504 e.